The van der Waals surface area contributed by atoms with Gasteiger partial charge in [0.1, 0.15) is 28.6 Å². The van der Waals surface area contributed by atoms with Crippen molar-refractivity contribution in [3.05, 3.63) is 71.1 Å². The average molecular weight is 564 g/mol. The summed E-state index contributed by atoms with van der Waals surface area (Å²) in [4.78, 5) is 4.41. The first kappa shape index (κ1) is 24.0. The number of hydrogen-bond donors (Lipinski definition) is 1. The molecule has 36 heavy (non-hydrogen) atoms. The largest absolute Gasteiger partial charge is 0.497 e. The van der Waals surface area contributed by atoms with Crippen molar-refractivity contribution in [2.24, 2.45) is 0 Å². The number of aromatic nitrogens is 4. The molecule has 0 bridgehead atoms. The first-order chi connectivity index (χ1) is 17.6. The molecule has 3 aromatic carbocycles. The number of nitrogens with zero attached hydrogens (tertiary/aromatic N) is 4. The lowest BCUT2D eigenvalue weighted by Crippen LogP contribution is -2.03. The van der Waals surface area contributed by atoms with Crippen LogP contribution in [-0.2, 0) is 6.54 Å². The van der Waals surface area contributed by atoms with Gasteiger partial charge < -0.3 is 19.5 Å². The Morgan fingerprint density at radius 3 is 2.53 bits per heavy atom. The molecule has 0 saturated carbocycles. The highest BCUT2D eigenvalue weighted by molar-refractivity contribution is 9.10. The first-order valence-corrected chi connectivity index (χ1v) is 12.5. The number of fused-ring (bicyclic) bond motifs is 1. The topological polar surface area (TPSA) is 91.3 Å². The maximum Gasteiger partial charge on any atom is 0.144 e. The highest BCUT2D eigenvalue weighted by atomic mass is 79.9. The van der Waals surface area contributed by atoms with Crippen LogP contribution in [-0.4, -0.2) is 40.9 Å². The quantitative estimate of drug-likeness (QED) is 0.238. The van der Waals surface area contributed by atoms with E-state index < -0.39 is 0 Å². The van der Waals surface area contributed by atoms with E-state index in [9.17, 15) is 0 Å². The molecule has 182 valence electrons. The van der Waals surface area contributed by atoms with Gasteiger partial charge in [0.2, 0.25) is 0 Å². The molecule has 10 heteroatoms. The van der Waals surface area contributed by atoms with E-state index in [4.69, 9.17) is 14.2 Å². The Labute approximate surface area is 220 Å². The van der Waals surface area contributed by atoms with Crippen LogP contribution in [0.5, 0.6) is 17.2 Å². The first-order valence-electron chi connectivity index (χ1n) is 11.0. The summed E-state index contributed by atoms with van der Waals surface area (Å²) in [6.07, 6.45) is 3.29. The monoisotopic (exact) mass is 563 g/mol. The highest BCUT2D eigenvalue weighted by Crippen LogP contribution is 2.40. The van der Waals surface area contributed by atoms with Crippen LogP contribution < -0.4 is 19.5 Å². The number of nitrogens with one attached hydrogen (secondary N) is 1. The number of rotatable bonds is 8. The van der Waals surface area contributed by atoms with E-state index in [0.29, 0.717) is 6.54 Å². The third-order valence-corrected chi connectivity index (χ3v) is 7.12. The van der Waals surface area contributed by atoms with Crippen molar-refractivity contribution in [3.8, 4) is 38.9 Å². The summed E-state index contributed by atoms with van der Waals surface area (Å²) < 4.78 is 21.4. The molecule has 5 rings (SSSR count). The summed E-state index contributed by atoms with van der Waals surface area (Å²) >= 11 is 4.95. The zero-order valence-corrected chi connectivity index (χ0v) is 22.2. The minimum atomic E-state index is 0.558. The van der Waals surface area contributed by atoms with Gasteiger partial charge in [-0.3, -0.25) is 0 Å². The van der Waals surface area contributed by atoms with Crippen molar-refractivity contribution in [2.75, 3.05) is 26.6 Å². The van der Waals surface area contributed by atoms with Crippen LogP contribution in [0.3, 0.4) is 0 Å². The molecule has 0 aliphatic rings. The summed E-state index contributed by atoms with van der Waals surface area (Å²) in [6.45, 7) is 0.558. The molecule has 0 radical (unpaired) electrons. The fourth-order valence-corrected chi connectivity index (χ4v) is 5.04. The lowest BCUT2D eigenvalue weighted by molar-refractivity contribution is 0.391. The molecule has 0 unspecified atom stereocenters. The van der Waals surface area contributed by atoms with Crippen LogP contribution in [0.1, 0.15) is 5.56 Å². The number of benzene rings is 3. The highest BCUT2D eigenvalue weighted by Gasteiger charge is 2.16. The van der Waals surface area contributed by atoms with Crippen LogP contribution in [0.15, 0.2) is 65.5 Å². The van der Waals surface area contributed by atoms with Crippen LogP contribution in [0.25, 0.3) is 32.6 Å². The maximum absolute atomic E-state index is 5.53. The Hall–Kier alpha value is -3.76. The predicted octanol–water partition coefficient (Wildman–Crippen LogP) is 6.22. The van der Waals surface area contributed by atoms with Gasteiger partial charge in [0.15, 0.2) is 0 Å². The zero-order chi connectivity index (χ0) is 25.1. The zero-order valence-electron chi connectivity index (χ0n) is 19.8. The Balaban J connectivity index is 1.50. The average Bonchev–Trinajstić information content (AvgIpc) is 3.46. The molecule has 8 nitrogen and oxygen atoms in total. The predicted molar refractivity (Wildman–Crippen MR) is 145 cm³/mol. The number of hydrogen-bond acceptors (Lipinski definition) is 9. The van der Waals surface area contributed by atoms with E-state index in [2.05, 4.69) is 52.9 Å². The van der Waals surface area contributed by atoms with Gasteiger partial charge in [0.05, 0.1) is 43.2 Å². The van der Waals surface area contributed by atoms with E-state index >= 15 is 0 Å². The van der Waals surface area contributed by atoms with E-state index in [1.807, 2.05) is 36.4 Å². The van der Waals surface area contributed by atoms with Gasteiger partial charge in [-0.05, 0) is 75.0 Å². The van der Waals surface area contributed by atoms with E-state index in [1.165, 1.54) is 11.5 Å². The smallest absolute Gasteiger partial charge is 0.144 e. The van der Waals surface area contributed by atoms with Crippen molar-refractivity contribution in [2.45, 2.75) is 6.54 Å². The summed E-state index contributed by atoms with van der Waals surface area (Å²) in [7, 11) is 4.93. The molecular formula is C26H22BrN5O3S. The maximum atomic E-state index is 5.53. The molecule has 5 aromatic rings. The number of anilines is 1. The fraction of sp³-hybridized carbons (Fsp3) is 0.154. The molecule has 0 saturated heterocycles. The van der Waals surface area contributed by atoms with Gasteiger partial charge in [-0.25, -0.2) is 4.98 Å². The molecule has 0 spiro atoms. The number of ether oxygens (including phenoxy) is 3. The molecule has 0 fully saturated rings. The summed E-state index contributed by atoms with van der Waals surface area (Å²) in [5, 5.41) is 13.9. The van der Waals surface area contributed by atoms with Gasteiger partial charge in [0, 0.05) is 29.1 Å². The Bertz CT molecular complexity index is 1530. The second-order valence-electron chi connectivity index (χ2n) is 7.80. The van der Waals surface area contributed by atoms with Gasteiger partial charge >= 0.3 is 0 Å². The third-order valence-electron chi connectivity index (χ3n) is 5.80. The number of methoxy groups -OCH3 is 3. The Kier molecular flexibility index (Phi) is 6.97. The Morgan fingerprint density at radius 2 is 1.78 bits per heavy atom. The van der Waals surface area contributed by atoms with E-state index in [0.717, 1.165) is 65.6 Å². The van der Waals surface area contributed by atoms with Crippen molar-refractivity contribution in [3.63, 3.8) is 0 Å². The Morgan fingerprint density at radius 1 is 0.917 bits per heavy atom. The van der Waals surface area contributed by atoms with Crippen molar-refractivity contribution in [1.82, 2.24) is 19.6 Å². The van der Waals surface area contributed by atoms with Gasteiger partial charge in [-0.15, -0.1) is 0 Å². The minimum absolute atomic E-state index is 0.558. The molecular weight excluding hydrogens is 542 g/mol. The van der Waals surface area contributed by atoms with Crippen LogP contribution >= 0.6 is 27.5 Å². The second-order valence-corrected chi connectivity index (χ2v) is 9.43. The van der Waals surface area contributed by atoms with Crippen molar-refractivity contribution < 1.29 is 14.2 Å². The summed E-state index contributed by atoms with van der Waals surface area (Å²) in [5.41, 5.74) is 5.57. The summed E-state index contributed by atoms with van der Waals surface area (Å²) in [6, 6.07) is 15.9. The molecule has 2 aromatic heterocycles. The SMILES string of the molecule is COc1ccc(CNc2cnnc3cc(-c4cc(Br)c(OC)cc4-c4ncns4)ccc23)c(OC)c1. The van der Waals surface area contributed by atoms with Gasteiger partial charge in [0.25, 0.3) is 0 Å². The minimum Gasteiger partial charge on any atom is -0.497 e. The summed E-state index contributed by atoms with van der Waals surface area (Å²) in [5.74, 6) is 2.23. The van der Waals surface area contributed by atoms with Crippen LogP contribution in [0.4, 0.5) is 5.69 Å². The molecule has 2 heterocycles. The lowest BCUT2D eigenvalue weighted by atomic mass is 9.98. The van der Waals surface area contributed by atoms with Gasteiger partial charge in [-0.2, -0.15) is 14.6 Å². The fourth-order valence-electron chi connectivity index (χ4n) is 3.97. The van der Waals surface area contributed by atoms with E-state index in [1.54, 1.807) is 33.9 Å². The van der Waals surface area contributed by atoms with Crippen LogP contribution in [0.2, 0.25) is 0 Å². The molecule has 1 N–H and O–H groups in total. The van der Waals surface area contributed by atoms with Gasteiger partial charge in [-0.1, -0.05) is 6.07 Å². The molecule has 0 aliphatic carbocycles. The second kappa shape index (κ2) is 10.5. The van der Waals surface area contributed by atoms with E-state index in [-0.39, 0.29) is 0 Å². The standard InChI is InChI=1S/C26H22BrN5O3S/c1-33-17-6-4-16(24(9-17)34-2)12-28-23-13-30-32-22-8-15(5-7-18(22)23)19-10-21(27)25(35-3)11-20(19)26-29-14-31-36-26/h4-11,13-14H,12H2,1-3H3,(H,28,32). The van der Waals surface area contributed by atoms with Crippen molar-refractivity contribution in [1.29, 1.82) is 0 Å². The molecule has 0 atom stereocenters. The number of halogens is 1. The van der Waals surface area contributed by atoms with Crippen LogP contribution in [0, 0.1) is 0 Å². The molecule has 0 amide bonds. The lowest BCUT2D eigenvalue weighted by Gasteiger charge is -2.14. The molecule has 0 aliphatic heterocycles. The third kappa shape index (κ3) is 4.69. The van der Waals surface area contributed by atoms with Crippen molar-refractivity contribution >= 4 is 44.1 Å². The normalized spacial score (nSPS) is 10.9.